The molecule has 1 nitrogen and oxygen atoms in total. The van der Waals surface area contributed by atoms with Crippen LogP contribution in [0.5, 0.6) is 0 Å². The van der Waals surface area contributed by atoms with Crippen LogP contribution < -0.4 is 5.73 Å². The lowest BCUT2D eigenvalue weighted by molar-refractivity contribution is 0.492. The zero-order valence-corrected chi connectivity index (χ0v) is 11.3. The van der Waals surface area contributed by atoms with Gasteiger partial charge in [-0.1, -0.05) is 29.8 Å². The fourth-order valence-electron chi connectivity index (χ4n) is 2.03. The first kappa shape index (κ1) is 14.9. The molecule has 0 aliphatic heterocycles. The van der Waals surface area contributed by atoms with Crippen molar-refractivity contribution in [3.63, 3.8) is 0 Å². The smallest absolute Gasteiger partial charge is 0.162 e. The molecule has 1 unspecified atom stereocenters. The molecule has 2 rings (SSSR count). The number of rotatable bonds is 4. The summed E-state index contributed by atoms with van der Waals surface area (Å²) in [6.07, 6.45) is 0.592. The average molecular weight is 300 g/mol. The topological polar surface area (TPSA) is 26.0 Å². The van der Waals surface area contributed by atoms with E-state index in [4.69, 9.17) is 17.3 Å². The standard InChI is InChI=1S/C15H13ClF3N/c16-12-7-9(4-5-13(12)17)6-11(20)8-10-2-1-3-14(18)15(10)19/h1-5,7,11H,6,8,20H2. The summed E-state index contributed by atoms with van der Waals surface area (Å²) in [5, 5.41) is 0.0200. The van der Waals surface area contributed by atoms with Crippen LogP contribution in [-0.2, 0) is 12.8 Å². The number of nitrogens with two attached hydrogens (primary N) is 1. The van der Waals surface area contributed by atoms with Crippen LogP contribution in [0.25, 0.3) is 0 Å². The molecule has 2 aromatic carbocycles. The van der Waals surface area contributed by atoms with Gasteiger partial charge in [0.25, 0.3) is 0 Å². The van der Waals surface area contributed by atoms with E-state index in [1.807, 2.05) is 0 Å². The summed E-state index contributed by atoms with van der Waals surface area (Å²) in [6.45, 7) is 0. The molecule has 106 valence electrons. The van der Waals surface area contributed by atoms with Crippen molar-refractivity contribution in [1.82, 2.24) is 0 Å². The lowest BCUT2D eigenvalue weighted by Crippen LogP contribution is -2.26. The summed E-state index contributed by atoms with van der Waals surface area (Å²) in [4.78, 5) is 0. The zero-order chi connectivity index (χ0) is 14.7. The highest BCUT2D eigenvalue weighted by Gasteiger charge is 2.12. The molecule has 0 heterocycles. The summed E-state index contributed by atoms with van der Waals surface area (Å²) in [5.74, 6) is -2.26. The molecule has 0 bridgehead atoms. The molecule has 0 amide bonds. The maximum Gasteiger partial charge on any atom is 0.162 e. The molecule has 0 aliphatic carbocycles. The molecule has 0 radical (unpaired) electrons. The Balaban J connectivity index is 2.07. The maximum absolute atomic E-state index is 13.5. The van der Waals surface area contributed by atoms with E-state index in [1.54, 1.807) is 6.07 Å². The summed E-state index contributed by atoms with van der Waals surface area (Å²) in [7, 11) is 0. The molecule has 0 saturated heterocycles. The van der Waals surface area contributed by atoms with E-state index in [0.29, 0.717) is 6.42 Å². The van der Waals surface area contributed by atoms with E-state index in [-0.39, 0.29) is 17.0 Å². The van der Waals surface area contributed by atoms with Gasteiger partial charge in [-0.25, -0.2) is 13.2 Å². The fourth-order valence-corrected chi connectivity index (χ4v) is 2.23. The van der Waals surface area contributed by atoms with Gasteiger partial charge in [0, 0.05) is 6.04 Å². The van der Waals surface area contributed by atoms with Crippen LogP contribution in [0.1, 0.15) is 11.1 Å². The lowest BCUT2D eigenvalue weighted by atomic mass is 9.99. The van der Waals surface area contributed by atoms with Crippen molar-refractivity contribution in [2.24, 2.45) is 5.73 Å². The van der Waals surface area contributed by atoms with E-state index in [9.17, 15) is 13.2 Å². The van der Waals surface area contributed by atoms with E-state index < -0.39 is 23.5 Å². The predicted molar refractivity (Wildman–Crippen MR) is 73.2 cm³/mol. The normalized spacial score (nSPS) is 12.4. The van der Waals surface area contributed by atoms with Crippen LogP contribution in [0.2, 0.25) is 5.02 Å². The number of hydrogen-bond donors (Lipinski definition) is 1. The Kier molecular flexibility index (Phi) is 4.68. The van der Waals surface area contributed by atoms with Gasteiger partial charge in [0.1, 0.15) is 5.82 Å². The fraction of sp³-hybridized carbons (Fsp3) is 0.200. The van der Waals surface area contributed by atoms with E-state index in [2.05, 4.69) is 0 Å². The van der Waals surface area contributed by atoms with Crippen molar-refractivity contribution in [1.29, 1.82) is 0 Å². The van der Waals surface area contributed by atoms with Crippen molar-refractivity contribution in [2.45, 2.75) is 18.9 Å². The van der Waals surface area contributed by atoms with Crippen LogP contribution in [0, 0.1) is 17.5 Å². The minimum absolute atomic E-state index is 0.0200. The van der Waals surface area contributed by atoms with Crippen molar-refractivity contribution < 1.29 is 13.2 Å². The molecular weight excluding hydrogens is 287 g/mol. The Morgan fingerprint density at radius 3 is 2.45 bits per heavy atom. The van der Waals surface area contributed by atoms with E-state index in [0.717, 1.165) is 11.6 Å². The summed E-state index contributed by atoms with van der Waals surface area (Å²) in [5.41, 5.74) is 6.90. The molecular formula is C15H13ClF3N. The minimum Gasteiger partial charge on any atom is -0.327 e. The summed E-state index contributed by atoms with van der Waals surface area (Å²) >= 11 is 5.68. The lowest BCUT2D eigenvalue weighted by Gasteiger charge is -2.13. The number of hydrogen-bond acceptors (Lipinski definition) is 1. The van der Waals surface area contributed by atoms with Gasteiger partial charge in [-0.05, 0) is 42.2 Å². The van der Waals surface area contributed by atoms with Crippen molar-refractivity contribution in [3.8, 4) is 0 Å². The first-order valence-corrected chi connectivity index (χ1v) is 6.47. The molecule has 0 spiro atoms. The molecule has 20 heavy (non-hydrogen) atoms. The van der Waals surface area contributed by atoms with Crippen LogP contribution in [0.15, 0.2) is 36.4 Å². The van der Waals surface area contributed by atoms with E-state index in [1.165, 1.54) is 24.3 Å². The third-order valence-electron chi connectivity index (χ3n) is 3.00. The molecule has 0 aromatic heterocycles. The van der Waals surface area contributed by atoms with Crippen molar-refractivity contribution in [2.75, 3.05) is 0 Å². The quantitative estimate of drug-likeness (QED) is 0.911. The first-order chi connectivity index (χ1) is 9.47. The second-order valence-electron chi connectivity index (χ2n) is 4.63. The van der Waals surface area contributed by atoms with Gasteiger partial charge in [-0.15, -0.1) is 0 Å². The summed E-state index contributed by atoms with van der Waals surface area (Å²) < 4.78 is 39.6. The van der Waals surface area contributed by atoms with Gasteiger partial charge < -0.3 is 5.73 Å². The highest BCUT2D eigenvalue weighted by molar-refractivity contribution is 6.30. The predicted octanol–water partition coefficient (Wildman–Crippen LogP) is 3.87. The van der Waals surface area contributed by atoms with Gasteiger partial charge in [-0.2, -0.15) is 0 Å². The summed E-state index contributed by atoms with van der Waals surface area (Å²) in [6, 6.07) is 7.90. The highest BCUT2D eigenvalue weighted by atomic mass is 35.5. The van der Waals surface area contributed by atoms with E-state index >= 15 is 0 Å². The largest absolute Gasteiger partial charge is 0.327 e. The van der Waals surface area contributed by atoms with Crippen LogP contribution in [0.3, 0.4) is 0 Å². The number of benzene rings is 2. The second-order valence-corrected chi connectivity index (χ2v) is 5.04. The monoisotopic (exact) mass is 299 g/mol. The second kappa shape index (κ2) is 6.29. The third kappa shape index (κ3) is 3.52. The first-order valence-electron chi connectivity index (χ1n) is 6.09. The third-order valence-corrected chi connectivity index (χ3v) is 3.29. The average Bonchev–Trinajstić information content (AvgIpc) is 2.39. The minimum atomic E-state index is -0.889. The Labute approximate surface area is 120 Å². The van der Waals surface area contributed by atoms with Gasteiger partial charge in [0.15, 0.2) is 11.6 Å². The molecule has 5 heteroatoms. The highest BCUT2D eigenvalue weighted by Crippen LogP contribution is 2.18. The van der Waals surface area contributed by atoms with Gasteiger partial charge in [-0.3, -0.25) is 0 Å². The molecule has 2 N–H and O–H groups in total. The Bertz CT molecular complexity index is 616. The van der Waals surface area contributed by atoms with Crippen LogP contribution in [0.4, 0.5) is 13.2 Å². The SMILES string of the molecule is NC(Cc1ccc(F)c(Cl)c1)Cc1cccc(F)c1F. The molecule has 0 fully saturated rings. The van der Waals surface area contributed by atoms with Crippen LogP contribution in [-0.4, -0.2) is 6.04 Å². The van der Waals surface area contributed by atoms with Gasteiger partial charge >= 0.3 is 0 Å². The van der Waals surface area contributed by atoms with Gasteiger partial charge in [0.05, 0.1) is 5.02 Å². The Morgan fingerprint density at radius 1 is 1.00 bits per heavy atom. The molecule has 0 aliphatic rings. The Morgan fingerprint density at radius 2 is 1.75 bits per heavy atom. The molecule has 2 aromatic rings. The maximum atomic E-state index is 13.5. The molecule has 0 saturated carbocycles. The number of halogens is 4. The zero-order valence-electron chi connectivity index (χ0n) is 10.5. The van der Waals surface area contributed by atoms with Crippen LogP contribution >= 0.6 is 11.6 Å². The van der Waals surface area contributed by atoms with Gasteiger partial charge in [0.2, 0.25) is 0 Å². The van der Waals surface area contributed by atoms with Crippen molar-refractivity contribution >= 4 is 11.6 Å². The Hall–Kier alpha value is -1.52. The van der Waals surface area contributed by atoms with Crippen molar-refractivity contribution in [3.05, 3.63) is 70.0 Å². The molecule has 1 atom stereocenters.